The van der Waals surface area contributed by atoms with E-state index in [1.54, 1.807) is 0 Å². The molecule has 0 saturated carbocycles. The second-order valence-corrected chi connectivity index (χ2v) is 6.94. The molecule has 1 unspecified atom stereocenters. The van der Waals surface area contributed by atoms with Gasteiger partial charge in [0.2, 0.25) is 0 Å². The van der Waals surface area contributed by atoms with Gasteiger partial charge in [-0.25, -0.2) is 0 Å². The lowest BCUT2D eigenvalue weighted by molar-refractivity contribution is 0.396. The van der Waals surface area contributed by atoms with E-state index < -0.39 is 0 Å². The number of anilines is 2. The standard InChI is InChI=1S/C16H21BrN4/c1-20-6-5-11(9-20)10-21(2)15-4-3-14(18)13-7-12(17)8-19-16(13)15/h3-4,7-8,11H,5-6,9-10,18H2,1-2H3. The molecule has 2 aromatic rings. The molecule has 1 saturated heterocycles. The molecule has 1 aliphatic heterocycles. The van der Waals surface area contributed by atoms with Gasteiger partial charge >= 0.3 is 0 Å². The van der Waals surface area contributed by atoms with Crippen molar-refractivity contribution in [3.05, 3.63) is 28.9 Å². The minimum atomic E-state index is 0.725. The van der Waals surface area contributed by atoms with Crippen molar-refractivity contribution < 1.29 is 0 Å². The lowest BCUT2D eigenvalue weighted by Gasteiger charge is -2.24. The Balaban J connectivity index is 1.91. The SMILES string of the molecule is CN1CCC(CN(C)c2ccc(N)c3cc(Br)cnc23)C1. The number of nitrogens with zero attached hydrogens (tertiary/aromatic N) is 3. The van der Waals surface area contributed by atoms with Crippen LogP contribution in [0.4, 0.5) is 11.4 Å². The molecule has 0 spiro atoms. The Labute approximate surface area is 134 Å². The normalized spacial score (nSPS) is 19.3. The number of nitrogens with two attached hydrogens (primary N) is 1. The fourth-order valence-electron chi connectivity index (χ4n) is 3.17. The van der Waals surface area contributed by atoms with Gasteiger partial charge in [-0.15, -0.1) is 0 Å². The van der Waals surface area contributed by atoms with Crippen molar-refractivity contribution in [1.29, 1.82) is 0 Å². The van der Waals surface area contributed by atoms with Crippen molar-refractivity contribution in [2.45, 2.75) is 6.42 Å². The molecule has 21 heavy (non-hydrogen) atoms. The molecule has 1 atom stereocenters. The molecule has 0 aliphatic carbocycles. The van der Waals surface area contributed by atoms with E-state index in [1.165, 1.54) is 19.5 Å². The number of hydrogen-bond acceptors (Lipinski definition) is 4. The van der Waals surface area contributed by atoms with E-state index in [2.05, 4.69) is 50.9 Å². The van der Waals surface area contributed by atoms with E-state index in [9.17, 15) is 0 Å². The molecule has 5 heteroatoms. The first-order valence-corrected chi connectivity index (χ1v) is 8.07. The van der Waals surface area contributed by atoms with Crippen molar-refractivity contribution in [1.82, 2.24) is 9.88 Å². The molecule has 1 fully saturated rings. The topological polar surface area (TPSA) is 45.4 Å². The summed E-state index contributed by atoms with van der Waals surface area (Å²) in [6, 6.07) is 6.10. The van der Waals surface area contributed by atoms with Gasteiger partial charge in [0.25, 0.3) is 0 Å². The Morgan fingerprint density at radius 1 is 1.48 bits per heavy atom. The maximum Gasteiger partial charge on any atom is 0.0956 e. The van der Waals surface area contributed by atoms with Crippen LogP contribution in [0.2, 0.25) is 0 Å². The molecule has 2 N–H and O–H groups in total. The first-order valence-electron chi connectivity index (χ1n) is 7.28. The molecule has 2 heterocycles. The number of likely N-dealkylation sites (tertiary alicyclic amines) is 1. The average molecular weight is 349 g/mol. The molecule has 0 bridgehead atoms. The van der Waals surface area contributed by atoms with Crippen LogP contribution in [0.3, 0.4) is 0 Å². The van der Waals surface area contributed by atoms with Gasteiger partial charge in [-0.05, 0) is 60.1 Å². The predicted octanol–water partition coefficient (Wildman–Crippen LogP) is 2.97. The van der Waals surface area contributed by atoms with Crippen molar-refractivity contribution in [3.63, 3.8) is 0 Å². The van der Waals surface area contributed by atoms with Crippen molar-refractivity contribution in [2.75, 3.05) is 44.4 Å². The summed E-state index contributed by atoms with van der Waals surface area (Å²) in [5.41, 5.74) is 9.00. The molecule has 1 aromatic carbocycles. The van der Waals surface area contributed by atoms with Crippen molar-refractivity contribution >= 4 is 38.2 Å². The van der Waals surface area contributed by atoms with Gasteiger partial charge in [-0.1, -0.05) is 0 Å². The summed E-state index contributed by atoms with van der Waals surface area (Å²) in [7, 11) is 4.34. The molecule has 3 rings (SSSR count). The van der Waals surface area contributed by atoms with E-state index in [4.69, 9.17) is 5.73 Å². The Bertz CT molecular complexity index is 658. The number of pyridine rings is 1. The fraction of sp³-hybridized carbons (Fsp3) is 0.438. The third kappa shape index (κ3) is 2.99. The molecule has 0 amide bonds. The minimum absolute atomic E-state index is 0.725. The average Bonchev–Trinajstić information content (AvgIpc) is 2.85. The highest BCUT2D eigenvalue weighted by Gasteiger charge is 2.21. The second kappa shape index (κ2) is 5.81. The van der Waals surface area contributed by atoms with Gasteiger partial charge in [0.05, 0.1) is 11.2 Å². The molecule has 1 aromatic heterocycles. The molecule has 4 nitrogen and oxygen atoms in total. The van der Waals surface area contributed by atoms with Gasteiger partial charge in [-0.2, -0.15) is 0 Å². The number of nitrogen functional groups attached to an aromatic ring is 1. The zero-order valence-corrected chi connectivity index (χ0v) is 14.1. The van der Waals surface area contributed by atoms with E-state index in [0.717, 1.165) is 39.2 Å². The molecule has 112 valence electrons. The van der Waals surface area contributed by atoms with E-state index in [0.29, 0.717) is 0 Å². The van der Waals surface area contributed by atoms with Crippen molar-refractivity contribution in [3.8, 4) is 0 Å². The second-order valence-electron chi connectivity index (χ2n) is 6.02. The summed E-state index contributed by atoms with van der Waals surface area (Å²) >= 11 is 3.47. The van der Waals surface area contributed by atoms with Crippen LogP contribution in [0.15, 0.2) is 28.9 Å². The van der Waals surface area contributed by atoms with Crippen LogP contribution in [0.25, 0.3) is 10.9 Å². The zero-order chi connectivity index (χ0) is 15.0. The van der Waals surface area contributed by atoms with Crippen LogP contribution in [0.5, 0.6) is 0 Å². The third-order valence-corrected chi connectivity index (χ3v) is 4.69. The van der Waals surface area contributed by atoms with Crippen molar-refractivity contribution in [2.24, 2.45) is 5.92 Å². The van der Waals surface area contributed by atoms with Gasteiger partial charge in [-0.3, -0.25) is 4.98 Å². The van der Waals surface area contributed by atoms with Crippen LogP contribution < -0.4 is 10.6 Å². The first kappa shape index (κ1) is 14.6. The van der Waals surface area contributed by atoms with Gasteiger partial charge in [0, 0.05) is 41.9 Å². The molecule has 0 radical (unpaired) electrons. The van der Waals surface area contributed by atoms with Crippen LogP contribution in [-0.4, -0.2) is 43.6 Å². The summed E-state index contributed by atoms with van der Waals surface area (Å²) in [6.45, 7) is 3.43. The highest BCUT2D eigenvalue weighted by atomic mass is 79.9. The van der Waals surface area contributed by atoms with Gasteiger partial charge < -0.3 is 15.5 Å². The Morgan fingerprint density at radius 3 is 3.00 bits per heavy atom. The number of rotatable bonds is 3. The van der Waals surface area contributed by atoms with Crippen LogP contribution in [0.1, 0.15) is 6.42 Å². The quantitative estimate of drug-likeness (QED) is 0.866. The summed E-state index contributed by atoms with van der Waals surface area (Å²) in [5.74, 6) is 0.725. The fourth-order valence-corrected chi connectivity index (χ4v) is 3.50. The third-order valence-electron chi connectivity index (χ3n) is 4.26. The Hall–Kier alpha value is -1.33. The van der Waals surface area contributed by atoms with Crippen LogP contribution in [-0.2, 0) is 0 Å². The van der Waals surface area contributed by atoms with E-state index >= 15 is 0 Å². The Kier molecular flexibility index (Phi) is 4.04. The number of halogens is 1. The van der Waals surface area contributed by atoms with Gasteiger partial charge in [0.15, 0.2) is 0 Å². The predicted molar refractivity (Wildman–Crippen MR) is 92.7 cm³/mol. The lowest BCUT2D eigenvalue weighted by Crippen LogP contribution is -2.27. The van der Waals surface area contributed by atoms with Crippen LogP contribution >= 0.6 is 15.9 Å². The molecule has 1 aliphatic rings. The lowest BCUT2D eigenvalue weighted by atomic mass is 10.1. The number of hydrogen-bond donors (Lipinski definition) is 1. The van der Waals surface area contributed by atoms with Gasteiger partial charge in [0.1, 0.15) is 0 Å². The maximum absolute atomic E-state index is 6.09. The monoisotopic (exact) mass is 348 g/mol. The summed E-state index contributed by atoms with van der Waals surface area (Å²) in [5, 5.41) is 1.01. The largest absolute Gasteiger partial charge is 0.398 e. The van der Waals surface area contributed by atoms with E-state index in [-0.39, 0.29) is 0 Å². The number of aromatic nitrogens is 1. The first-order chi connectivity index (χ1) is 10.0. The summed E-state index contributed by atoms with van der Waals surface area (Å²) < 4.78 is 0.957. The molecular weight excluding hydrogens is 328 g/mol. The highest BCUT2D eigenvalue weighted by molar-refractivity contribution is 9.10. The summed E-state index contributed by atoms with van der Waals surface area (Å²) in [4.78, 5) is 9.28. The zero-order valence-electron chi connectivity index (χ0n) is 12.5. The van der Waals surface area contributed by atoms with Crippen LogP contribution in [0, 0.1) is 5.92 Å². The number of benzene rings is 1. The Morgan fingerprint density at radius 2 is 2.29 bits per heavy atom. The maximum atomic E-state index is 6.09. The van der Waals surface area contributed by atoms with E-state index in [1.807, 2.05) is 18.3 Å². The minimum Gasteiger partial charge on any atom is -0.398 e. The smallest absolute Gasteiger partial charge is 0.0956 e. The number of fused-ring (bicyclic) bond motifs is 1. The summed E-state index contributed by atoms with van der Waals surface area (Å²) in [6.07, 6.45) is 3.11. The molecular formula is C16H21BrN4. The highest BCUT2D eigenvalue weighted by Crippen LogP contribution is 2.31.